The number of nitriles is 1. The minimum Gasteiger partial charge on any atom is -0.413 e. The van der Waals surface area contributed by atoms with Crippen molar-refractivity contribution in [3.8, 4) is 6.07 Å². The van der Waals surface area contributed by atoms with E-state index in [4.69, 9.17) is 8.85 Å². The summed E-state index contributed by atoms with van der Waals surface area (Å²) in [7, 11) is -4.60. The maximum absolute atomic E-state index is 10.0. The Bertz CT molecular complexity index is 881. The van der Waals surface area contributed by atoms with E-state index in [0.29, 0.717) is 6.61 Å². The molecule has 0 saturated heterocycles. The molecule has 0 aliphatic rings. The smallest absolute Gasteiger partial charge is 0.263 e. The van der Waals surface area contributed by atoms with E-state index in [2.05, 4.69) is 109 Å². The molecule has 2 rings (SSSR count). The van der Waals surface area contributed by atoms with E-state index in [-0.39, 0.29) is 10.1 Å². The molecular formula is C27H39NO2Si2. The van der Waals surface area contributed by atoms with Gasteiger partial charge in [0.25, 0.3) is 8.32 Å². The first-order valence-electron chi connectivity index (χ1n) is 11.3. The first-order valence-corrected chi connectivity index (χ1v) is 16.2. The number of nitrogens with zero attached hydrogens (tertiary/aromatic N) is 1. The van der Waals surface area contributed by atoms with Crippen LogP contribution in [0.1, 0.15) is 41.5 Å². The van der Waals surface area contributed by atoms with Gasteiger partial charge in [-0.15, -0.1) is 0 Å². The lowest BCUT2D eigenvalue weighted by atomic mass is 10.2. The van der Waals surface area contributed by atoms with Crippen molar-refractivity contribution < 1.29 is 8.85 Å². The van der Waals surface area contributed by atoms with Gasteiger partial charge in [-0.25, -0.2) is 0 Å². The summed E-state index contributed by atoms with van der Waals surface area (Å²) in [5.41, 5.74) is 0. The summed E-state index contributed by atoms with van der Waals surface area (Å²) in [5.74, 6) is 0. The SMILES string of the molecule is CC(C)(C)[Si](C)(C)OC/C=C\[C@@H](C#N)O[Si](c1ccccc1)(c1ccccc1)C(C)(C)C. The van der Waals surface area contributed by atoms with Crippen LogP contribution >= 0.6 is 0 Å². The molecular weight excluding hydrogens is 426 g/mol. The van der Waals surface area contributed by atoms with Crippen LogP contribution in [0.3, 0.4) is 0 Å². The van der Waals surface area contributed by atoms with Gasteiger partial charge in [-0.1, -0.05) is 108 Å². The summed E-state index contributed by atoms with van der Waals surface area (Å²) in [4.78, 5) is 0. The molecule has 0 aromatic heterocycles. The lowest BCUT2D eigenvalue weighted by Gasteiger charge is -2.43. The average Bonchev–Trinajstić information content (AvgIpc) is 2.73. The molecule has 0 saturated carbocycles. The van der Waals surface area contributed by atoms with Gasteiger partial charge in [0.15, 0.2) is 14.4 Å². The van der Waals surface area contributed by atoms with Crippen molar-refractivity contribution in [2.24, 2.45) is 0 Å². The van der Waals surface area contributed by atoms with Gasteiger partial charge >= 0.3 is 0 Å². The standard InChI is InChI=1S/C27H39NO2Si2/c1-26(2,3)31(7,8)29-21-15-16-23(22-28)30-32(27(4,5)6,24-17-11-9-12-18-24)25-19-13-10-14-20-25/h9-20,23H,21H2,1-8H3/b16-15-/t23-/m0/s1. The molecule has 0 bridgehead atoms. The van der Waals surface area contributed by atoms with Crippen molar-refractivity contribution in [1.82, 2.24) is 0 Å². The molecule has 3 nitrogen and oxygen atoms in total. The molecule has 0 amide bonds. The van der Waals surface area contributed by atoms with Crippen molar-refractivity contribution in [2.45, 2.75) is 70.8 Å². The minimum absolute atomic E-state index is 0.154. The maximum Gasteiger partial charge on any atom is 0.263 e. The zero-order valence-corrected chi connectivity index (χ0v) is 23.0. The second kappa shape index (κ2) is 10.3. The summed E-state index contributed by atoms with van der Waals surface area (Å²) >= 11 is 0. The van der Waals surface area contributed by atoms with Crippen molar-refractivity contribution in [1.29, 1.82) is 5.26 Å². The van der Waals surface area contributed by atoms with Crippen LogP contribution in [-0.4, -0.2) is 29.3 Å². The summed E-state index contributed by atoms with van der Waals surface area (Å²) in [6, 6.07) is 23.2. The third-order valence-electron chi connectivity index (χ3n) is 6.51. The minimum atomic E-state index is -2.77. The fourth-order valence-corrected chi connectivity index (χ4v) is 9.12. The second-order valence-electron chi connectivity index (χ2n) is 10.8. The van der Waals surface area contributed by atoms with Gasteiger partial charge in [0, 0.05) is 0 Å². The number of hydrogen-bond donors (Lipinski definition) is 0. The highest BCUT2D eigenvalue weighted by Crippen LogP contribution is 2.38. The monoisotopic (exact) mass is 465 g/mol. The Morgan fingerprint density at radius 3 is 1.69 bits per heavy atom. The zero-order valence-electron chi connectivity index (χ0n) is 21.0. The van der Waals surface area contributed by atoms with Gasteiger partial charge in [0.1, 0.15) is 0 Å². The Morgan fingerprint density at radius 2 is 1.31 bits per heavy atom. The normalized spacial score (nSPS) is 14.3. The first kappa shape index (κ1) is 26.3. The van der Waals surface area contributed by atoms with E-state index in [0.717, 1.165) is 0 Å². The van der Waals surface area contributed by atoms with Crippen molar-refractivity contribution >= 4 is 27.0 Å². The molecule has 5 heteroatoms. The van der Waals surface area contributed by atoms with E-state index >= 15 is 0 Å². The van der Waals surface area contributed by atoms with Crippen LogP contribution in [0.25, 0.3) is 0 Å². The van der Waals surface area contributed by atoms with E-state index in [9.17, 15) is 5.26 Å². The predicted octanol–water partition coefficient (Wildman–Crippen LogP) is 6.03. The maximum atomic E-state index is 10.0. The fraction of sp³-hybridized carbons (Fsp3) is 0.444. The first-order chi connectivity index (χ1) is 14.8. The summed E-state index contributed by atoms with van der Waals surface area (Å²) < 4.78 is 13.1. The van der Waals surface area contributed by atoms with Crippen molar-refractivity contribution in [3.63, 3.8) is 0 Å². The van der Waals surface area contributed by atoms with E-state index < -0.39 is 22.7 Å². The van der Waals surface area contributed by atoms with E-state index in [1.165, 1.54) is 10.4 Å². The van der Waals surface area contributed by atoms with Gasteiger partial charge in [0.2, 0.25) is 0 Å². The Balaban J connectivity index is 2.40. The largest absolute Gasteiger partial charge is 0.413 e. The van der Waals surface area contributed by atoms with Crippen LogP contribution in [0.2, 0.25) is 23.2 Å². The van der Waals surface area contributed by atoms with Gasteiger partial charge in [-0.3, -0.25) is 0 Å². The fourth-order valence-electron chi connectivity index (χ4n) is 3.64. The molecule has 2 aromatic carbocycles. The average molecular weight is 466 g/mol. The summed E-state index contributed by atoms with van der Waals surface area (Å²) in [5, 5.41) is 12.3. The Labute approximate surface area is 197 Å². The van der Waals surface area contributed by atoms with E-state index in [1.54, 1.807) is 0 Å². The highest BCUT2D eigenvalue weighted by atomic mass is 28.4. The van der Waals surface area contributed by atoms with Gasteiger partial charge in [0.05, 0.1) is 12.7 Å². The summed E-state index contributed by atoms with van der Waals surface area (Å²) in [6.07, 6.45) is 3.17. The summed E-state index contributed by atoms with van der Waals surface area (Å²) in [6.45, 7) is 18.3. The van der Waals surface area contributed by atoms with E-state index in [1.807, 2.05) is 24.3 Å². The lowest BCUT2D eigenvalue weighted by molar-refractivity contribution is 0.280. The second-order valence-corrected chi connectivity index (χ2v) is 19.9. The molecule has 2 aromatic rings. The molecule has 0 spiro atoms. The molecule has 0 unspecified atom stereocenters. The van der Waals surface area contributed by atoms with Crippen LogP contribution < -0.4 is 10.4 Å². The molecule has 0 aliphatic carbocycles. The van der Waals surface area contributed by atoms with Crippen LogP contribution in [0, 0.1) is 11.3 Å². The molecule has 0 aliphatic heterocycles. The van der Waals surface area contributed by atoms with Crippen LogP contribution in [0.5, 0.6) is 0 Å². The Morgan fingerprint density at radius 1 is 0.844 bits per heavy atom. The highest BCUT2D eigenvalue weighted by Gasteiger charge is 2.51. The molecule has 0 heterocycles. The molecule has 1 atom stereocenters. The number of hydrogen-bond acceptors (Lipinski definition) is 3. The predicted molar refractivity (Wildman–Crippen MR) is 140 cm³/mol. The number of rotatable bonds is 8. The van der Waals surface area contributed by atoms with Gasteiger partial charge in [-0.2, -0.15) is 5.26 Å². The molecule has 0 N–H and O–H groups in total. The van der Waals surface area contributed by atoms with Crippen LogP contribution in [-0.2, 0) is 8.85 Å². The molecule has 172 valence electrons. The Kier molecular flexibility index (Phi) is 8.46. The zero-order chi connectivity index (χ0) is 24.0. The topological polar surface area (TPSA) is 42.2 Å². The van der Waals surface area contributed by atoms with Crippen LogP contribution in [0.4, 0.5) is 0 Å². The van der Waals surface area contributed by atoms with Crippen molar-refractivity contribution in [3.05, 3.63) is 72.8 Å². The van der Waals surface area contributed by atoms with Gasteiger partial charge in [-0.05, 0) is 39.6 Å². The van der Waals surface area contributed by atoms with Crippen molar-refractivity contribution in [2.75, 3.05) is 6.61 Å². The molecule has 0 fully saturated rings. The highest BCUT2D eigenvalue weighted by molar-refractivity contribution is 6.99. The molecule has 32 heavy (non-hydrogen) atoms. The Hall–Kier alpha value is -1.98. The quantitative estimate of drug-likeness (QED) is 0.353. The van der Waals surface area contributed by atoms with Crippen LogP contribution in [0.15, 0.2) is 72.8 Å². The third kappa shape index (κ3) is 5.87. The number of benzene rings is 2. The molecule has 0 radical (unpaired) electrons. The van der Waals surface area contributed by atoms with Gasteiger partial charge < -0.3 is 8.85 Å². The lowest BCUT2D eigenvalue weighted by Crippen LogP contribution is -2.67. The third-order valence-corrected chi connectivity index (χ3v) is 16.0.